The summed E-state index contributed by atoms with van der Waals surface area (Å²) in [5, 5.41) is 4.38. The topological polar surface area (TPSA) is 96.2 Å². The number of carbonyl (C=O) groups excluding carboxylic acids is 1. The Bertz CT molecular complexity index is 991. The van der Waals surface area contributed by atoms with Gasteiger partial charge in [-0.05, 0) is 24.1 Å². The van der Waals surface area contributed by atoms with Crippen molar-refractivity contribution in [2.45, 2.75) is 6.92 Å². The molecule has 4 N–H and O–H groups in total. The number of ether oxygens (including phenoxy) is 1. The molecular formula is C20H20N4O2. The van der Waals surface area contributed by atoms with E-state index in [1.807, 2.05) is 31.2 Å². The van der Waals surface area contributed by atoms with Crippen LogP contribution in [-0.2, 0) is 0 Å². The molecule has 0 aliphatic carbocycles. The van der Waals surface area contributed by atoms with Crippen LogP contribution in [-0.4, -0.2) is 22.7 Å². The van der Waals surface area contributed by atoms with E-state index in [2.05, 4.69) is 11.7 Å². The number of methoxy groups -OCH3 is 1. The zero-order chi connectivity index (χ0) is 18.8. The molecule has 6 heteroatoms. The first-order valence-electron chi connectivity index (χ1n) is 8.02. The molecule has 0 saturated carbocycles. The third kappa shape index (κ3) is 2.93. The maximum Gasteiger partial charge on any atom is 0.246 e. The number of aromatic nitrogens is 2. The van der Waals surface area contributed by atoms with Gasteiger partial charge in [-0.15, -0.1) is 5.10 Å². The molecule has 0 atom stereocenters. The molecule has 6 nitrogen and oxygen atoms in total. The van der Waals surface area contributed by atoms with Gasteiger partial charge in [0.15, 0.2) is 0 Å². The van der Waals surface area contributed by atoms with Crippen molar-refractivity contribution < 1.29 is 9.53 Å². The second kappa shape index (κ2) is 6.76. The number of ketones is 1. The van der Waals surface area contributed by atoms with E-state index in [0.717, 1.165) is 11.1 Å². The summed E-state index contributed by atoms with van der Waals surface area (Å²) >= 11 is 0. The van der Waals surface area contributed by atoms with Gasteiger partial charge in [-0.3, -0.25) is 4.79 Å². The van der Waals surface area contributed by atoms with Gasteiger partial charge in [0.05, 0.1) is 12.8 Å². The largest absolute Gasteiger partial charge is 0.479 e. The van der Waals surface area contributed by atoms with E-state index in [1.165, 1.54) is 11.8 Å². The molecule has 0 spiro atoms. The molecule has 0 aliphatic rings. The highest BCUT2D eigenvalue weighted by Gasteiger charge is 2.25. The SMILES string of the molecule is C=C(N)c1ccc(C)c(-n2nc(OC)c(C(=O)c3ccccc3)c2N)c1. The number of aryl methyl sites for hydroxylation is 1. The van der Waals surface area contributed by atoms with Crippen molar-refractivity contribution in [1.82, 2.24) is 9.78 Å². The maximum absolute atomic E-state index is 12.9. The summed E-state index contributed by atoms with van der Waals surface area (Å²) in [5.74, 6) is 0.134. The van der Waals surface area contributed by atoms with Gasteiger partial charge >= 0.3 is 0 Å². The van der Waals surface area contributed by atoms with Gasteiger partial charge in [0.1, 0.15) is 11.4 Å². The van der Waals surface area contributed by atoms with Crippen molar-refractivity contribution in [2.75, 3.05) is 12.8 Å². The van der Waals surface area contributed by atoms with E-state index in [9.17, 15) is 4.79 Å². The lowest BCUT2D eigenvalue weighted by Crippen LogP contribution is -2.09. The average Bonchev–Trinajstić information content (AvgIpc) is 2.98. The Hall–Kier alpha value is -3.54. The lowest BCUT2D eigenvalue weighted by Gasteiger charge is -2.10. The number of benzene rings is 2. The van der Waals surface area contributed by atoms with E-state index in [4.69, 9.17) is 16.2 Å². The van der Waals surface area contributed by atoms with Gasteiger partial charge < -0.3 is 16.2 Å². The van der Waals surface area contributed by atoms with Crippen molar-refractivity contribution in [3.63, 3.8) is 0 Å². The van der Waals surface area contributed by atoms with Gasteiger partial charge in [0, 0.05) is 11.3 Å². The van der Waals surface area contributed by atoms with E-state index >= 15 is 0 Å². The molecule has 3 aromatic rings. The van der Waals surface area contributed by atoms with Crippen molar-refractivity contribution in [1.29, 1.82) is 0 Å². The highest BCUT2D eigenvalue weighted by Crippen LogP contribution is 2.30. The smallest absolute Gasteiger partial charge is 0.246 e. The fourth-order valence-corrected chi connectivity index (χ4v) is 2.72. The van der Waals surface area contributed by atoms with Crippen molar-refractivity contribution in [3.8, 4) is 11.6 Å². The Labute approximate surface area is 151 Å². The summed E-state index contributed by atoms with van der Waals surface area (Å²) in [6, 6.07) is 14.5. The van der Waals surface area contributed by atoms with Crippen molar-refractivity contribution in [2.24, 2.45) is 5.73 Å². The van der Waals surface area contributed by atoms with E-state index in [0.29, 0.717) is 16.9 Å². The number of nitrogens with two attached hydrogens (primary N) is 2. The average molecular weight is 348 g/mol. The molecule has 0 fully saturated rings. The second-order valence-electron chi connectivity index (χ2n) is 5.90. The van der Waals surface area contributed by atoms with Crippen LogP contribution in [0.1, 0.15) is 27.0 Å². The number of nitrogen functional groups attached to an aromatic ring is 1. The summed E-state index contributed by atoms with van der Waals surface area (Å²) in [4.78, 5) is 12.9. The van der Waals surface area contributed by atoms with Gasteiger partial charge in [0.25, 0.3) is 0 Å². The molecule has 0 amide bonds. The van der Waals surface area contributed by atoms with Crippen molar-refractivity contribution >= 4 is 17.3 Å². The lowest BCUT2D eigenvalue weighted by molar-refractivity contribution is 0.103. The lowest BCUT2D eigenvalue weighted by atomic mass is 10.1. The Morgan fingerprint density at radius 1 is 1.15 bits per heavy atom. The van der Waals surface area contributed by atoms with Gasteiger partial charge in [0.2, 0.25) is 11.7 Å². The van der Waals surface area contributed by atoms with E-state index in [-0.39, 0.29) is 23.0 Å². The first-order valence-corrected chi connectivity index (χ1v) is 8.02. The molecule has 2 aromatic carbocycles. The van der Waals surface area contributed by atoms with Crippen molar-refractivity contribution in [3.05, 3.63) is 77.4 Å². The molecule has 0 unspecified atom stereocenters. The van der Waals surface area contributed by atoms with Gasteiger partial charge in [-0.2, -0.15) is 0 Å². The number of rotatable bonds is 5. The highest BCUT2D eigenvalue weighted by atomic mass is 16.5. The third-order valence-electron chi connectivity index (χ3n) is 4.15. The van der Waals surface area contributed by atoms with Crippen LogP contribution in [0, 0.1) is 6.92 Å². The fraction of sp³-hybridized carbons (Fsp3) is 0.100. The first kappa shape index (κ1) is 17.3. The van der Waals surface area contributed by atoms with Crippen LogP contribution in [0.25, 0.3) is 11.4 Å². The number of anilines is 1. The highest BCUT2D eigenvalue weighted by molar-refractivity contribution is 6.13. The molecule has 26 heavy (non-hydrogen) atoms. The fourth-order valence-electron chi connectivity index (χ4n) is 2.72. The maximum atomic E-state index is 12.9. The van der Waals surface area contributed by atoms with Crippen LogP contribution >= 0.6 is 0 Å². The summed E-state index contributed by atoms with van der Waals surface area (Å²) in [5.41, 5.74) is 15.7. The molecule has 132 valence electrons. The number of carbonyl (C=O) groups is 1. The normalized spacial score (nSPS) is 10.5. The Kier molecular flexibility index (Phi) is 4.49. The van der Waals surface area contributed by atoms with Gasteiger partial charge in [-0.1, -0.05) is 49.0 Å². The summed E-state index contributed by atoms with van der Waals surface area (Å²) in [6.07, 6.45) is 0. The predicted molar refractivity (Wildman–Crippen MR) is 102 cm³/mol. The molecule has 0 bridgehead atoms. The van der Waals surface area contributed by atoms with Crippen LogP contribution in [0.4, 0.5) is 5.82 Å². The zero-order valence-corrected chi connectivity index (χ0v) is 14.7. The van der Waals surface area contributed by atoms with E-state index < -0.39 is 0 Å². The summed E-state index contributed by atoms with van der Waals surface area (Å²) in [7, 11) is 1.46. The molecule has 3 rings (SSSR count). The first-order chi connectivity index (χ1) is 12.4. The third-order valence-corrected chi connectivity index (χ3v) is 4.15. The predicted octanol–water partition coefficient (Wildman–Crippen LogP) is 2.93. The standard InChI is InChI=1S/C20H20N4O2/c1-12-9-10-15(13(2)21)11-16(12)24-19(22)17(20(23-24)26-3)18(25)14-7-5-4-6-8-14/h4-11H,2,21-22H2,1,3H3. The minimum atomic E-state index is -0.247. The van der Waals surface area contributed by atoms with Crippen LogP contribution in [0.15, 0.2) is 55.1 Å². The minimum Gasteiger partial charge on any atom is -0.479 e. The van der Waals surface area contributed by atoms with Crippen LogP contribution < -0.4 is 16.2 Å². The summed E-state index contributed by atoms with van der Waals surface area (Å²) < 4.78 is 6.81. The minimum absolute atomic E-state index is 0.174. The number of nitrogens with zero attached hydrogens (tertiary/aromatic N) is 2. The van der Waals surface area contributed by atoms with Crippen LogP contribution in [0.5, 0.6) is 5.88 Å². The Morgan fingerprint density at radius 2 is 1.85 bits per heavy atom. The monoisotopic (exact) mass is 348 g/mol. The quantitative estimate of drug-likeness (QED) is 0.691. The van der Waals surface area contributed by atoms with Crippen LogP contribution in [0.2, 0.25) is 0 Å². The van der Waals surface area contributed by atoms with E-state index in [1.54, 1.807) is 24.3 Å². The molecular weight excluding hydrogens is 328 g/mol. The van der Waals surface area contributed by atoms with Gasteiger partial charge in [-0.25, -0.2) is 4.68 Å². The molecule has 0 radical (unpaired) electrons. The molecule has 1 heterocycles. The zero-order valence-electron chi connectivity index (χ0n) is 14.7. The number of hydrogen-bond acceptors (Lipinski definition) is 5. The molecule has 0 aliphatic heterocycles. The molecule has 0 saturated heterocycles. The van der Waals surface area contributed by atoms with Crippen LogP contribution in [0.3, 0.4) is 0 Å². The second-order valence-corrected chi connectivity index (χ2v) is 5.90. The Balaban J connectivity index is 2.18. The molecule has 1 aromatic heterocycles. The Morgan fingerprint density at radius 3 is 2.46 bits per heavy atom. The number of hydrogen-bond donors (Lipinski definition) is 2. The summed E-state index contributed by atoms with van der Waals surface area (Å²) in [6.45, 7) is 5.68.